The molecule has 0 atom stereocenters. The third-order valence-corrected chi connectivity index (χ3v) is 11.3. The number of hydrogen-bond acceptors (Lipinski definition) is 2. The minimum absolute atomic E-state index is 0.133. The molecule has 0 unspecified atom stereocenters. The maximum absolute atomic E-state index is 5.13. The minimum Gasteiger partial charge on any atom is -0.309 e. The van der Waals surface area contributed by atoms with E-state index in [0.717, 1.165) is 44.6 Å². The van der Waals surface area contributed by atoms with E-state index in [0.29, 0.717) is 0 Å². The van der Waals surface area contributed by atoms with Crippen LogP contribution in [0.25, 0.3) is 93.7 Å². The van der Waals surface area contributed by atoms with Crippen LogP contribution in [0.2, 0.25) is 0 Å². The van der Waals surface area contributed by atoms with Crippen molar-refractivity contribution in [3.8, 4) is 39.5 Å². The van der Waals surface area contributed by atoms with Crippen LogP contribution in [0, 0.1) is 0 Å². The van der Waals surface area contributed by atoms with Crippen molar-refractivity contribution in [1.82, 2.24) is 14.5 Å². The van der Waals surface area contributed by atoms with Crippen molar-refractivity contribution in [1.29, 1.82) is 0 Å². The summed E-state index contributed by atoms with van der Waals surface area (Å²) in [6.45, 7) is 4.78. The van der Waals surface area contributed by atoms with E-state index in [-0.39, 0.29) is 5.41 Å². The predicted molar refractivity (Wildman–Crippen MR) is 217 cm³/mol. The molecule has 10 aromatic rings. The van der Waals surface area contributed by atoms with Crippen molar-refractivity contribution in [2.75, 3.05) is 0 Å². The zero-order valence-electron chi connectivity index (χ0n) is 28.9. The van der Waals surface area contributed by atoms with E-state index in [1.54, 1.807) is 0 Å². The summed E-state index contributed by atoms with van der Waals surface area (Å²) in [4.78, 5) is 10.2. The number of fused-ring (bicyclic) bond motifs is 10. The van der Waals surface area contributed by atoms with Gasteiger partial charge < -0.3 is 4.57 Å². The molecule has 0 bridgehead atoms. The zero-order valence-corrected chi connectivity index (χ0v) is 28.9. The highest BCUT2D eigenvalue weighted by Gasteiger charge is 2.37. The Morgan fingerprint density at radius 2 is 1.17 bits per heavy atom. The molecule has 244 valence electrons. The predicted octanol–water partition coefficient (Wildman–Crippen LogP) is 12.7. The van der Waals surface area contributed by atoms with Gasteiger partial charge in [-0.2, -0.15) is 0 Å². The average molecular weight is 664 g/mol. The standard InChI is InChI=1S/C49H33N3/c1-49(2)42-29-45-41(28-40(42)38-25-23-30-12-6-7-15-36(30)46(38)49)37-16-9-11-19-44(37)52(45)35-24-22-32-26-34(21-20-33(32)27-35)48-50-43-18-10-8-17-39(43)47(51-48)31-13-4-3-5-14-31/h3-29H,1-2H3. The molecule has 3 nitrogen and oxygen atoms in total. The van der Waals surface area contributed by atoms with Gasteiger partial charge in [-0.05, 0) is 86.3 Å². The molecule has 0 amide bonds. The van der Waals surface area contributed by atoms with Crippen LogP contribution >= 0.6 is 0 Å². The van der Waals surface area contributed by atoms with Crippen LogP contribution in [0.1, 0.15) is 25.0 Å². The maximum atomic E-state index is 5.13. The second kappa shape index (κ2) is 10.7. The largest absolute Gasteiger partial charge is 0.309 e. The van der Waals surface area contributed by atoms with Gasteiger partial charge in [-0.3, -0.25) is 0 Å². The molecule has 0 radical (unpaired) electrons. The molecule has 0 saturated heterocycles. The van der Waals surface area contributed by atoms with Gasteiger partial charge in [-0.15, -0.1) is 0 Å². The number of rotatable bonds is 3. The molecular weight excluding hydrogens is 631 g/mol. The van der Waals surface area contributed by atoms with Crippen LogP contribution in [-0.2, 0) is 5.41 Å². The van der Waals surface area contributed by atoms with Gasteiger partial charge in [-0.1, -0.05) is 135 Å². The second-order valence-corrected chi connectivity index (χ2v) is 14.6. The molecule has 2 heterocycles. The molecule has 3 heteroatoms. The molecule has 1 aliphatic carbocycles. The Morgan fingerprint density at radius 3 is 2.06 bits per heavy atom. The summed E-state index contributed by atoms with van der Waals surface area (Å²) in [6, 6.07) is 59.3. The van der Waals surface area contributed by atoms with E-state index in [9.17, 15) is 0 Å². The summed E-state index contributed by atoms with van der Waals surface area (Å²) in [6.07, 6.45) is 0. The topological polar surface area (TPSA) is 30.7 Å². The molecule has 0 aliphatic heterocycles. The van der Waals surface area contributed by atoms with Gasteiger partial charge in [0.15, 0.2) is 5.82 Å². The molecule has 11 rings (SSSR count). The fraction of sp³-hybridized carbons (Fsp3) is 0.0612. The van der Waals surface area contributed by atoms with E-state index in [1.165, 1.54) is 60.2 Å². The van der Waals surface area contributed by atoms with Gasteiger partial charge in [-0.25, -0.2) is 9.97 Å². The van der Waals surface area contributed by atoms with Crippen molar-refractivity contribution in [3.63, 3.8) is 0 Å². The van der Waals surface area contributed by atoms with Crippen LogP contribution in [0.3, 0.4) is 0 Å². The molecular formula is C49H33N3. The fourth-order valence-corrected chi connectivity index (χ4v) is 8.87. The number of aromatic nitrogens is 3. The van der Waals surface area contributed by atoms with E-state index < -0.39 is 0 Å². The van der Waals surface area contributed by atoms with E-state index >= 15 is 0 Å². The molecule has 0 saturated carbocycles. The SMILES string of the molecule is CC1(C)c2cc3c(cc2-c2ccc4ccccc4c21)c1ccccc1n3-c1ccc2cc(-c3nc(-c4ccccc4)c4ccccc4n3)ccc2c1. The first kappa shape index (κ1) is 29.2. The minimum atomic E-state index is -0.133. The lowest BCUT2D eigenvalue weighted by molar-refractivity contribution is 0.667. The van der Waals surface area contributed by atoms with Crippen LogP contribution < -0.4 is 0 Å². The summed E-state index contributed by atoms with van der Waals surface area (Å²) in [5.74, 6) is 0.733. The first-order valence-corrected chi connectivity index (χ1v) is 18.0. The first-order valence-electron chi connectivity index (χ1n) is 18.0. The zero-order chi connectivity index (χ0) is 34.6. The lowest BCUT2D eigenvalue weighted by Gasteiger charge is -2.23. The van der Waals surface area contributed by atoms with E-state index in [4.69, 9.17) is 9.97 Å². The molecule has 2 aromatic heterocycles. The number of para-hydroxylation sites is 2. The highest BCUT2D eigenvalue weighted by Crippen LogP contribution is 2.53. The monoisotopic (exact) mass is 663 g/mol. The smallest absolute Gasteiger partial charge is 0.160 e. The van der Waals surface area contributed by atoms with Crippen LogP contribution in [0.5, 0.6) is 0 Å². The quantitative estimate of drug-likeness (QED) is 0.188. The van der Waals surface area contributed by atoms with Gasteiger partial charge in [0.05, 0.1) is 22.2 Å². The first-order chi connectivity index (χ1) is 25.5. The van der Waals surface area contributed by atoms with Crippen molar-refractivity contribution in [2.45, 2.75) is 19.3 Å². The molecule has 0 spiro atoms. The molecule has 0 N–H and O–H groups in total. The Kier molecular flexibility index (Phi) is 6.01. The summed E-state index contributed by atoms with van der Waals surface area (Å²) >= 11 is 0. The Balaban J connectivity index is 1.07. The number of hydrogen-bond donors (Lipinski definition) is 0. The van der Waals surface area contributed by atoms with Crippen LogP contribution in [0.15, 0.2) is 164 Å². The third kappa shape index (κ3) is 4.14. The Hall–Kier alpha value is -6.58. The molecule has 52 heavy (non-hydrogen) atoms. The number of benzene rings is 8. The van der Waals surface area contributed by atoms with Crippen molar-refractivity contribution in [3.05, 3.63) is 175 Å². The third-order valence-electron chi connectivity index (χ3n) is 11.3. The normalized spacial score (nSPS) is 13.3. The van der Waals surface area contributed by atoms with Gasteiger partial charge in [0, 0.05) is 38.4 Å². The fourth-order valence-electron chi connectivity index (χ4n) is 8.87. The molecule has 0 fully saturated rings. The van der Waals surface area contributed by atoms with Crippen LogP contribution in [-0.4, -0.2) is 14.5 Å². The van der Waals surface area contributed by atoms with Gasteiger partial charge >= 0.3 is 0 Å². The summed E-state index contributed by atoms with van der Waals surface area (Å²) < 4.78 is 2.45. The second-order valence-electron chi connectivity index (χ2n) is 14.6. The van der Waals surface area contributed by atoms with E-state index in [2.05, 4.69) is 170 Å². The number of nitrogens with zero attached hydrogens (tertiary/aromatic N) is 3. The Morgan fingerprint density at radius 1 is 0.462 bits per heavy atom. The van der Waals surface area contributed by atoms with Gasteiger partial charge in [0.25, 0.3) is 0 Å². The average Bonchev–Trinajstić information content (AvgIpc) is 3.64. The Bertz CT molecular complexity index is 3100. The van der Waals surface area contributed by atoms with Crippen LogP contribution in [0.4, 0.5) is 0 Å². The summed E-state index contributed by atoms with van der Waals surface area (Å²) in [5, 5.41) is 8.58. The maximum Gasteiger partial charge on any atom is 0.160 e. The Labute approximate surface area is 301 Å². The summed E-state index contributed by atoms with van der Waals surface area (Å²) in [7, 11) is 0. The van der Waals surface area contributed by atoms with Gasteiger partial charge in [0.1, 0.15) is 0 Å². The lowest BCUT2D eigenvalue weighted by Crippen LogP contribution is -2.15. The lowest BCUT2D eigenvalue weighted by atomic mass is 9.80. The van der Waals surface area contributed by atoms with Crippen molar-refractivity contribution < 1.29 is 0 Å². The van der Waals surface area contributed by atoms with Crippen molar-refractivity contribution in [2.24, 2.45) is 0 Å². The highest BCUT2D eigenvalue weighted by atomic mass is 15.0. The van der Waals surface area contributed by atoms with E-state index in [1.807, 2.05) is 12.1 Å². The highest BCUT2D eigenvalue weighted by molar-refractivity contribution is 6.12. The molecule has 1 aliphatic rings. The van der Waals surface area contributed by atoms with Crippen molar-refractivity contribution >= 4 is 54.3 Å². The van der Waals surface area contributed by atoms with Gasteiger partial charge in [0.2, 0.25) is 0 Å². The summed E-state index contributed by atoms with van der Waals surface area (Å²) in [5.41, 5.74) is 13.0. The molecule has 8 aromatic carbocycles.